The molecule has 130 valence electrons. The quantitative estimate of drug-likeness (QED) is 0.596. The van der Waals surface area contributed by atoms with Crippen LogP contribution in [0.1, 0.15) is 36.1 Å². The Kier molecular flexibility index (Phi) is 8.28. The molecule has 1 aromatic carbocycles. The fourth-order valence-electron chi connectivity index (χ4n) is 2.44. The van der Waals surface area contributed by atoms with Gasteiger partial charge in [-0.15, -0.1) is 0 Å². The van der Waals surface area contributed by atoms with E-state index >= 15 is 0 Å². The van der Waals surface area contributed by atoms with E-state index in [1.54, 1.807) is 14.2 Å². The lowest BCUT2D eigenvalue weighted by molar-refractivity contribution is 0.233. The molecule has 0 radical (unpaired) electrons. The molecule has 0 bridgehead atoms. The molecule has 0 amide bonds. The van der Waals surface area contributed by atoms with E-state index in [2.05, 4.69) is 77.1 Å². The Labute approximate surface area is 147 Å². The van der Waals surface area contributed by atoms with Gasteiger partial charge in [-0.1, -0.05) is 47.6 Å². The van der Waals surface area contributed by atoms with Crippen LogP contribution in [0, 0.1) is 20.8 Å². The summed E-state index contributed by atoms with van der Waals surface area (Å²) in [6.07, 6.45) is 12.7. The molecule has 24 heavy (non-hydrogen) atoms. The van der Waals surface area contributed by atoms with Crippen LogP contribution in [-0.4, -0.2) is 20.8 Å². The molecule has 0 aromatic heterocycles. The Morgan fingerprint density at radius 3 is 2.33 bits per heavy atom. The molecule has 1 aromatic rings. The first-order valence-electron chi connectivity index (χ1n) is 8.24. The third-order valence-electron chi connectivity index (χ3n) is 4.13. The molecule has 0 N–H and O–H groups in total. The minimum Gasteiger partial charge on any atom is -0.496 e. The highest BCUT2D eigenvalue weighted by Crippen LogP contribution is 2.28. The van der Waals surface area contributed by atoms with Crippen molar-refractivity contribution in [1.29, 1.82) is 0 Å². The molecule has 0 saturated carbocycles. The molecule has 1 rings (SSSR count). The molecule has 0 aliphatic rings. The van der Waals surface area contributed by atoms with E-state index in [1.165, 1.54) is 33.4 Å². The molecule has 0 aliphatic heterocycles. The second-order valence-corrected chi connectivity index (χ2v) is 6.07. The van der Waals surface area contributed by atoms with Crippen molar-refractivity contribution in [1.82, 2.24) is 0 Å². The molecule has 0 unspecified atom stereocenters. The van der Waals surface area contributed by atoms with Gasteiger partial charge >= 0.3 is 0 Å². The van der Waals surface area contributed by atoms with Crippen molar-refractivity contribution in [2.75, 3.05) is 20.8 Å². The van der Waals surface area contributed by atoms with Crippen LogP contribution in [0.2, 0.25) is 0 Å². The lowest BCUT2D eigenvalue weighted by Gasteiger charge is -2.13. The molecule has 0 aliphatic carbocycles. The normalized spacial score (nSPS) is 13.3. The molecule has 0 spiro atoms. The average Bonchev–Trinajstić information content (AvgIpc) is 2.56. The highest BCUT2D eigenvalue weighted by atomic mass is 16.5. The van der Waals surface area contributed by atoms with Crippen LogP contribution in [-0.2, 0) is 4.74 Å². The van der Waals surface area contributed by atoms with E-state index in [4.69, 9.17) is 9.47 Å². The summed E-state index contributed by atoms with van der Waals surface area (Å²) in [7, 11) is 3.42. The minimum atomic E-state index is 0.647. The van der Waals surface area contributed by atoms with Crippen molar-refractivity contribution in [3.8, 4) is 5.75 Å². The van der Waals surface area contributed by atoms with Gasteiger partial charge in [0.05, 0.1) is 13.7 Å². The van der Waals surface area contributed by atoms with Crippen LogP contribution in [0.15, 0.2) is 47.6 Å². The summed E-state index contributed by atoms with van der Waals surface area (Å²) in [6, 6.07) is 2.10. The maximum Gasteiger partial charge on any atom is 0.122 e. The Balaban J connectivity index is 2.91. The zero-order valence-corrected chi connectivity index (χ0v) is 16.1. The first kappa shape index (κ1) is 20.0. The summed E-state index contributed by atoms with van der Waals surface area (Å²) >= 11 is 0. The summed E-state index contributed by atoms with van der Waals surface area (Å²) in [4.78, 5) is 0. The van der Waals surface area contributed by atoms with E-state index in [0.717, 1.165) is 5.75 Å². The SMILES string of the molecule is COC/C=C(C)/C=C/C=C(C)/C=C/c1c(C)cc(OC)c(C)c1C. The molecular formula is C22H30O2. The van der Waals surface area contributed by atoms with Crippen molar-refractivity contribution >= 4 is 6.08 Å². The van der Waals surface area contributed by atoms with E-state index in [0.29, 0.717) is 6.61 Å². The van der Waals surface area contributed by atoms with Crippen LogP contribution in [0.25, 0.3) is 6.08 Å². The second kappa shape index (κ2) is 9.94. The smallest absolute Gasteiger partial charge is 0.122 e. The van der Waals surface area contributed by atoms with Gasteiger partial charge in [-0.2, -0.15) is 0 Å². The topological polar surface area (TPSA) is 18.5 Å². The molecule has 2 nitrogen and oxygen atoms in total. The van der Waals surface area contributed by atoms with Crippen molar-refractivity contribution in [3.05, 3.63) is 69.8 Å². The molecule has 0 fully saturated rings. The van der Waals surface area contributed by atoms with Crippen molar-refractivity contribution in [2.24, 2.45) is 0 Å². The first-order chi connectivity index (χ1) is 11.4. The first-order valence-corrected chi connectivity index (χ1v) is 8.24. The van der Waals surface area contributed by atoms with Crippen LogP contribution >= 0.6 is 0 Å². The molecule has 2 heteroatoms. The Morgan fingerprint density at radius 1 is 1.00 bits per heavy atom. The molecule has 0 atom stereocenters. The largest absolute Gasteiger partial charge is 0.496 e. The highest BCUT2D eigenvalue weighted by molar-refractivity contribution is 5.64. The zero-order valence-electron chi connectivity index (χ0n) is 16.1. The number of rotatable bonds is 7. The van der Waals surface area contributed by atoms with E-state index in [-0.39, 0.29) is 0 Å². The summed E-state index contributed by atoms with van der Waals surface area (Å²) in [5.41, 5.74) is 7.36. The minimum absolute atomic E-state index is 0.647. The zero-order chi connectivity index (χ0) is 18.1. The summed E-state index contributed by atoms with van der Waals surface area (Å²) < 4.78 is 10.5. The fraction of sp³-hybridized carbons (Fsp3) is 0.364. The Bertz CT molecular complexity index is 674. The van der Waals surface area contributed by atoms with Gasteiger partial charge in [0.1, 0.15) is 5.75 Å². The maximum absolute atomic E-state index is 5.43. The van der Waals surface area contributed by atoms with E-state index < -0.39 is 0 Å². The molecular weight excluding hydrogens is 296 g/mol. The van der Waals surface area contributed by atoms with Crippen molar-refractivity contribution < 1.29 is 9.47 Å². The predicted octanol–water partition coefficient (Wildman–Crippen LogP) is 5.73. The van der Waals surface area contributed by atoms with Crippen LogP contribution in [0.4, 0.5) is 0 Å². The van der Waals surface area contributed by atoms with Crippen LogP contribution in [0.3, 0.4) is 0 Å². The summed E-state index contributed by atoms with van der Waals surface area (Å²) in [5, 5.41) is 0. The predicted molar refractivity (Wildman–Crippen MR) is 105 cm³/mol. The van der Waals surface area contributed by atoms with Gasteiger partial charge < -0.3 is 9.47 Å². The lowest BCUT2D eigenvalue weighted by atomic mass is 9.96. The Morgan fingerprint density at radius 2 is 1.71 bits per heavy atom. The standard InChI is InChI=1S/C22H30O2/c1-16(9-8-10-17(2)13-14-23-6)11-12-21-18(3)15-22(24-7)20(5)19(21)4/h8-13,15H,14H2,1-7H3/b10-8+,12-11+,16-9+,17-13+. The highest BCUT2D eigenvalue weighted by Gasteiger charge is 2.08. The number of ether oxygens (including phenoxy) is 2. The number of hydrogen-bond donors (Lipinski definition) is 0. The van der Waals surface area contributed by atoms with Crippen molar-refractivity contribution in [3.63, 3.8) is 0 Å². The number of allylic oxidation sites excluding steroid dienone is 6. The third-order valence-corrected chi connectivity index (χ3v) is 4.13. The number of hydrogen-bond acceptors (Lipinski definition) is 2. The van der Waals surface area contributed by atoms with Gasteiger partial charge in [-0.05, 0) is 62.9 Å². The van der Waals surface area contributed by atoms with Gasteiger partial charge in [0.2, 0.25) is 0 Å². The lowest BCUT2D eigenvalue weighted by Crippen LogP contribution is -1.95. The van der Waals surface area contributed by atoms with E-state index in [1.807, 2.05) is 0 Å². The molecule has 0 heterocycles. The Hall–Kier alpha value is -2.06. The number of aryl methyl sites for hydroxylation is 1. The van der Waals surface area contributed by atoms with Gasteiger partial charge in [0.25, 0.3) is 0 Å². The van der Waals surface area contributed by atoms with Crippen LogP contribution in [0.5, 0.6) is 5.75 Å². The number of methoxy groups -OCH3 is 2. The van der Waals surface area contributed by atoms with Gasteiger partial charge in [-0.25, -0.2) is 0 Å². The maximum atomic E-state index is 5.43. The summed E-state index contributed by atoms with van der Waals surface area (Å²) in [5.74, 6) is 0.954. The monoisotopic (exact) mass is 326 g/mol. The van der Waals surface area contributed by atoms with Gasteiger partial charge in [0, 0.05) is 7.11 Å². The number of benzene rings is 1. The average molecular weight is 326 g/mol. The van der Waals surface area contributed by atoms with Crippen molar-refractivity contribution in [2.45, 2.75) is 34.6 Å². The van der Waals surface area contributed by atoms with Gasteiger partial charge in [-0.3, -0.25) is 0 Å². The molecule has 0 saturated heterocycles. The summed E-state index contributed by atoms with van der Waals surface area (Å²) in [6.45, 7) is 11.2. The van der Waals surface area contributed by atoms with E-state index in [9.17, 15) is 0 Å². The second-order valence-electron chi connectivity index (χ2n) is 6.07. The fourth-order valence-corrected chi connectivity index (χ4v) is 2.44. The van der Waals surface area contributed by atoms with Gasteiger partial charge in [0.15, 0.2) is 0 Å². The third kappa shape index (κ3) is 5.86. The van der Waals surface area contributed by atoms with Crippen LogP contribution < -0.4 is 4.74 Å².